The Balaban J connectivity index is 2.22. The van der Waals surface area contributed by atoms with E-state index in [2.05, 4.69) is 43.7 Å². The average Bonchev–Trinajstić information content (AvgIpc) is 2.70. The lowest BCUT2D eigenvalue weighted by Gasteiger charge is -2.16. The minimum absolute atomic E-state index is 0.652. The Morgan fingerprint density at radius 2 is 2.27 bits per heavy atom. The van der Waals surface area contributed by atoms with Gasteiger partial charge < -0.3 is 5.32 Å². The van der Waals surface area contributed by atoms with E-state index in [1.54, 1.807) is 0 Å². The third-order valence-corrected chi connectivity index (χ3v) is 4.56. The molecule has 1 heterocycles. The van der Waals surface area contributed by atoms with E-state index in [9.17, 15) is 0 Å². The molecule has 0 aromatic carbocycles. The lowest BCUT2D eigenvalue weighted by molar-refractivity contribution is 0.574. The molecule has 0 radical (unpaired) electrons. The zero-order valence-electron chi connectivity index (χ0n) is 9.82. The molecule has 0 bridgehead atoms. The lowest BCUT2D eigenvalue weighted by Crippen LogP contribution is -2.28. The smallest absolute Gasteiger partial charge is 0.0158 e. The van der Waals surface area contributed by atoms with Gasteiger partial charge in [-0.3, -0.25) is 0 Å². The Hall–Kier alpha value is 0.01000. The summed E-state index contributed by atoms with van der Waals surface area (Å²) in [6, 6.07) is 5.02. The molecule has 1 nitrogen and oxygen atoms in total. The molecule has 86 valence electrons. The Morgan fingerprint density at radius 3 is 2.80 bits per heavy atom. The van der Waals surface area contributed by atoms with Crippen molar-refractivity contribution in [1.29, 1.82) is 0 Å². The molecule has 0 aliphatic rings. The minimum atomic E-state index is 0.652. The first-order valence-corrected chi connectivity index (χ1v) is 7.46. The van der Waals surface area contributed by atoms with Crippen LogP contribution in [-0.2, 0) is 6.42 Å². The van der Waals surface area contributed by atoms with Crippen LogP contribution in [0.5, 0.6) is 0 Å². The van der Waals surface area contributed by atoms with Gasteiger partial charge in [0.25, 0.3) is 0 Å². The van der Waals surface area contributed by atoms with Gasteiger partial charge in [-0.05, 0) is 36.6 Å². The SMILES string of the molecule is CNC(CCc1cccs1)CSC(C)C. The summed E-state index contributed by atoms with van der Waals surface area (Å²) < 4.78 is 0. The van der Waals surface area contributed by atoms with E-state index in [0.717, 1.165) is 5.25 Å². The van der Waals surface area contributed by atoms with Crippen molar-refractivity contribution < 1.29 is 0 Å². The topological polar surface area (TPSA) is 12.0 Å². The first kappa shape index (κ1) is 13.1. The first-order valence-electron chi connectivity index (χ1n) is 5.53. The van der Waals surface area contributed by atoms with Crippen molar-refractivity contribution in [3.8, 4) is 0 Å². The van der Waals surface area contributed by atoms with Crippen LogP contribution < -0.4 is 5.32 Å². The molecule has 0 saturated heterocycles. The van der Waals surface area contributed by atoms with Crippen LogP contribution >= 0.6 is 23.1 Å². The second-order valence-electron chi connectivity index (χ2n) is 3.99. The van der Waals surface area contributed by atoms with Gasteiger partial charge in [0.2, 0.25) is 0 Å². The number of hydrogen-bond acceptors (Lipinski definition) is 3. The van der Waals surface area contributed by atoms with Crippen LogP contribution in [0.15, 0.2) is 17.5 Å². The van der Waals surface area contributed by atoms with Crippen molar-refractivity contribution in [1.82, 2.24) is 5.32 Å². The van der Waals surface area contributed by atoms with E-state index in [1.807, 2.05) is 23.1 Å². The molecule has 1 atom stereocenters. The molecule has 3 heteroatoms. The number of aryl methyl sites for hydroxylation is 1. The van der Waals surface area contributed by atoms with Crippen LogP contribution in [0.2, 0.25) is 0 Å². The van der Waals surface area contributed by atoms with Gasteiger partial charge in [-0.2, -0.15) is 11.8 Å². The van der Waals surface area contributed by atoms with E-state index in [0.29, 0.717) is 6.04 Å². The summed E-state index contributed by atoms with van der Waals surface area (Å²) in [6.45, 7) is 4.52. The minimum Gasteiger partial charge on any atom is -0.316 e. The van der Waals surface area contributed by atoms with Crippen LogP contribution in [0.25, 0.3) is 0 Å². The highest BCUT2D eigenvalue weighted by molar-refractivity contribution is 7.99. The Morgan fingerprint density at radius 1 is 1.47 bits per heavy atom. The number of nitrogens with one attached hydrogen (secondary N) is 1. The summed E-state index contributed by atoms with van der Waals surface area (Å²) in [7, 11) is 2.07. The average molecular weight is 243 g/mol. The zero-order valence-corrected chi connectivity index (χ0v) is 11.5. The maximum atomic E-state index is 3.40. The van der Waals surface area contributed by atoms with Crippen molar-refractivity contribution >= 4 is 23.1 Å². The molecule has 0 aliphatic carbocycles. The summed E-state index contributed by atoms with van der Waals surface area (Å²) >= 11 is 3.91. The second-order valence-corrected chi connectivity index (χ2v) is 6.63. The van der Waals surface area contributed by atoms with Gasteiger partial charge in [-0.25, -0.2) is 0 Å². The van der Waals surface area contributed by atoms with Gasteiger partial charge in [0.15, 0.2) is 0 Å². The first-order chi connectivity index (χ1) is 7.22. The molecule has 1 N–H and O–H groups in total. The molecule has 1 rings (SSSR count). The summed E-state index contributed by atoms with van der Waals surface area (Å²) in [6.07, 6.45) is 2.46. The van der Waals surface area contributed by atoms with Crippen LogP contribution in [0.4, 0.5) is 0 Å². The Labute approximate surface area is 102 Å². The number of thiophene rings is 1. The molecule has 1 unspecified atom stereocenters. The Bertz CT molecular complexity index is 244. The van der Waals surface area contributed by atoms with Gasteiger partial charge in [0.1, 0.15) is 0 Å². The van der Waals surface area contributed by atoms with Gasteiger partial charge in [0, 0.05) is 16.7 Å². The van der Waals surface area contributed by atoms with Gasteiger partial charge in [-0.1, -0.05) is 19.9 Å². The predicted molar refractivity (Wildman–Crippen MR) is 73.1 cm³/mol. The van der Waals surface area contributed by atoms with Crippen molar-refractivity contribution in [2.45, 2.75) is 38.0 Å². The largest absolute Gasteiger partial charge is 0.316 e. The lowest BCUT2D eigenvalue weighted by atomic mass is 10.1. The van der Waals surface area contributed by atoms with Crippen LogP contribution in [0, 0.1) is 0 Å². The Kier molecular flexibility index (Phi) is 6.37. The van der Waals surface area contributed by atoms with Crippen molar-refractivity contribution in [2.24, 2.45) is 0 Å². The van der Waals surface area contributed by atoms with E-state index in [4.69, 9.17) is 0 Å². The summed E-state index contributed by atoms with van der Waals surface area (Å²) in [5, 5.41) is 6.30. The number of rotatable bonds is 7. The second kappa shape index (κ2) is 7.31. The van der Waals surface area contributed by atoms with Crippen LogP contribution in [0.1, 0.15) is 25.1 Å². The normalized spacial score (nSPS) is 13.3. The summed E-state index contributed by atoms with van der Waals surface area (Å²) in [5.74, 6) is 1.22. The fraction of sp³-hybridized carbons (Fsp3) is 0.667. The van der Waals surface area contributed by atoms with E-state index < -0.39 is 0 Å². The highest BCUT2D eigenvalue weighted by Gasteiger charge is 2.07. The highest BCUT2D eigenvalue weighted by Crippen LogP contribution is 2.16. The van der Waals surface area contributed by atoms with Gasteiger partial charge >= 0.3 is 0 Å². The zero-order chi connectivity index (χ0) is 11.1. The number of hydrogen-bond donors (Lipinski definition) is 1. The predicted octanol–water partition coefficient (Wildman–Crippen LogP) is 3.41. The summed E-state index contributed by atoms with van der Waals surface area (Å²) in [4.78, 5) is 1.50. The van der Waals surface area contributed by atoms with Crippen LogP contribution in [-0.4, -0.2) is 24.1 Å². The van der Waals surface area contributed by atoms with Crippen LogP contribution in [0.3, 0.4) is 0 Å². The third kappa shape index (κ3) is 5.59. The maximum Gasteiger partial charge on any atom is 0.0158 e. The molecule has 0 aliphatic heterocycles. The fourth-order valence-electron chi connectivity index (χ4n) is 1.39. The third-order valence-electron chi connectivity index (χ3n) is 2.36. The monoisotopic (exact) mass is 243 g/mol. The molecular formula is C12H21NS2. The quantitative estimate of drug-likeness (QED) is 0.787. The van der Waals surface area contributed by atoms with Crippen molar-refractivity contribution in [3.05, 3.63) is 22.4 Å². The van der Waals surface area contributed by atoms with Gasteiger partial charge in [0.05, 0.1) is 0 Å². The molecule has 0 fully saturated rings. The van der Waals surface area contributed by atoms with Gasteiger partial charge in [-0.15, -0.1) is 11.3 Å². The maximum absolute atomic E-state index is 3.40. The highest BCUT2D eigenvalue weighted by atomic mass is 32.2. The standard InChI is InChI=1S/C12H21NS2/c1-10(2)15-9-11(13-3)6-7-12-5-4-8-14-12/h4-5,8,10-11,13H,6-7,9H2,1-3H3. The van der Waals surface area contributed by atoms with E-state index in [-0.39, 0.29) is 0 Å². The molecule has 0 spiro atoms. The molecule has 15 heavy (non-hydrogen) atoms. The van der Waals surface area contributed by atoms with Crippen molar-refractivity contribution in [3.63, 3.8) is 0 Å². The molecule has 0 amide bonds. The fourth-order valence-corrected chi connectivity index (χ4v) is 3.07. The molecule has 1 aromatic heterocycles. The molecular weight excluding hydrogens is 222 g/mol. The molecule has 1 aromatic rings. The van der Waals surface area contributed by atoms with E-state index in [1.165, 1.54) is 23.5 Å². The van der Waals surface area contributed by atoms with E-state index >= 15 is 0 Å². The van der Waals surface area contributed by atoms with Crippen molar-refractivity contribution in [2.75, 3.05) is 12.8 Å². The summed E-state index contributed by atoms with van der Waals surface area (Å²) in [5.41, 5.74) is 0. The number of thioether (sulfide) groups is 1. The molecule has 0 saturated carbocycles.